The normalized spacial score (nSPS) is 17.8. The Morgan fingerprint density at radius 2 is 1.94 bits per heavy atom. The Morgan fingerprint density at radius 3 is 2.64 bits per heavy atom. The van der Waals surface area contributed by atoms with E-state index in [9.17, 15) is 9.65 Å². The van der Waals surface area contributed by atoms with E-state index < -0.39 is 5.41 Å². The average Bonchev–Trinajstić information content (AvgIpc) is 3.44. The quantitative estimate of drug-likeness (QED) is 0.450. The van der Waals surface area contributed by atoms with Gasteiger partial charge >= 0.3 is 0 Å². The van der Waals surface area contributed by atoms with E-state index in [1.807, 2.05) is 46.9 Å². The largest absolute Gasteiger partial charge is 0.306 e. The highest BCUT2D eigenvalue weighted by Crippen LogP contribution is 2.38. The van der Waals surface area contributed by atoms with Crippen molar-refractivity contribution in [2.75, 3.05) is 0 Å². The van der Waals surface area contributed by atoms with Crippen LogP contribution in [0.25, 0.3) is 17.8 Å². The molecule has 2 aromatic carbocycles. The van der Waals surface area contributed by atoms with Gasteiger partial charge in [-0.2, -0.15) is 10.4 Å². The van der Waals surface area contributed by atoms with Gasteiger partial charge in [-0.05, 0) is 73.7 Å². The zero-order valence-electron chi connectivity index (χ0n) is 18.5. The first-order chi connectivity index (χ1) is 16.0. The van der Waals surface area contributed by atoms with Crippen molar-refractivity contribution < 1.29 is 4.39 Å². The molecular weight excluding hydrogens is 415 g/mol. The standard InChI is InChI=1S/C26H23FN6/c1-18-14-20(4-10-23(18)32-15-19(2)29-17-32)5-11-24-30-25-26(16-28,12-3-13-33(25)31-24)21-6-8-22(27)9-7-21/h4-11,14-15,17H,3,12-13H2,1-2H3/b11-5+/t26-/m0/s1. The lowest BCUT2D eigenvalue weighted by atomic mass is 9.75. The molecule has 0 saturated carbocycles. The summed E-state index contributed by atoms with van der Waals surface area (Å²) in [6, 6.07) is 14.8. The van der Waals surface area contributed by atoms with Gasteiger partial charge in [0.15, 0.2) is 11.6 Å². The molecular formula is C26H23FN6. The lowest BCUT2D eigenvalue weighted by molar-refractivity contribution is 0.392. The summed E-state index contributed by atoms with van der Waals surface area (Å²) in [5, 5.41) is 14.8. The minimum atomic E-state index is -0.924. The first kappa shape index (κ1) is 20.8. The van der Waals surface area contributed by atoms with Gasteiger partial charge in [0.25, 0.3) is 0 Å². The van der Waals surface area contributed by atoms with Crippen LogP contribution in [0.4, 0.5) is 4.39 Å². The van der Waals surface area contributed by atoms with E-state index in [4.69, 9.17) is 4.98 Å². The van der Waals surface area contributed by atoms with Gasteiger partial charge in [0.1, 0.15) is 11.2 Å². The zero-order valence-corrected chi connectivity index (χ0v) is 18.5. The molecule has 1 aliphatic rings. The molecule has 2 aromatic heterocycles. The summed E-state index contributed by atoms with van der Waals surface area (Å²) < 4.78 is 17.3. The molecule has 33 heavy (non-hydrogen) atoms. The Bertz CT molecular complexity index is 1390. The second-order valence-corrected chi connectivity index (χ2v) is 8.45. The molecule has 7 heteroatoms. The highest BCUT2D eigenvalue weighted by molar-refractivity contribution is 5.68. The number of rotatable bonds is 4. The van der Waals surface area contributed by atoms with Crippen LogP contribution in [0, 0.1) is 31.0 Å². The molecule has 0 unspecified atom stereocenters. The van der Waals surface area contributed by atoms with Gasteiger partial charge in [0.2, 0.25) is 0 Å². The van der Waals surface area contributed by atoms with E-state index in [-0.39, 0.29) is 5.82 Å². The van der Waals surface area contributed by atoms with Gasteiger partial charge in [-0.15, -0.1) is 0 Å². The van der Waals surface area contributed by atoms with E-state index >= 15 is 0 Å². The van der Waals surface area contributed by atoms with Gasteiger partial charge in [0.05, 0.1) is 18.1 Å². The third-order valence-electron chi connectivity index (χ3n) is 6.15. The van der Waals surface area contributed by atoms with Crippen molar-refractivity contribution in [1.29, 1.82) is 5.26 Å². The number of benzene rings is 2. The number of aromatic nitrogens is 5. The van der Waals surface area contributed by atoms with Crippen molar-refractivity contribution in [1.82, 2.24) is 24.3 Å². The number of aryl methyl sites for hydroxylation is 3. The first-order valence-corrected chi connectivity index (χ1v) is 10.9. The maximum absolute atomic E-state index is 13.5. The third-order valence-corrected chi connectivity index (χ3v) is 6.15. The van der Waals surface area contributed by atoms with E-state index in [2.05, 4.69) is 35.2 Å². The SMILES string of the molecule is Cc1cn(-c2ccc(/C=C/c3nc4n(n3)CCC[C@]4(C#N)c3ccc(F)cc3)cc2C)cn1. The number of nitrogens with zero attached hydrogens (tertiary/aromatic N) is 6. The van der Waals surface area contributed by atoms with Crippen molar-refractivity contribution >= 4 is 12.2 Å². The summed E-state index contributed by atoms with van der Waals surface area (Å²) >= 11 is 0. The van der Waals surface area contributed by atoms with E-state index in [0.717, 1.165) is 34.5 Å². The Morgan fingerprint density at radius 1 is 1.12 bits per heavy atom. The molecule has 0 fully saturated rings. The lowest BCUT2D eigenvalue weighted by Gasteiger charge is -2.30. The van der Waals surface area contributed by atoms with Crippen LogP contribution in [0.5, 0.6) is 0 Å². The third kappa shape index (κ3) is 3.74. The highest BCUT2D eigenvalue weighted by Gasteiger charge is 2.42. The Kier molecular flexibility index (Phi) is 5.14. The number of nitriles is 1. The van der Waals surface area contributed by atoms with Crippen LogP contribution in [0.1, 0.15) is 46.9 Å². The van der Waals surface area contributed by atoms with Crippen molar-refractivity contribution in [2.45, 2.75) is 38.6 Å². The Hall–Kier alpha value is -4.05. The molecule has 6 nitrogen and oxygen atoms in total. The maximum atomic E-state index is 13.5. The fourth-order valence-electron chi connectivity index (χ4n) is 4.48. The second kappa shape index (κ2) is 8.14. The number of fused-ring (bicyclic) bond motifs is 1. The number of halogens is 1. The Balaban J connectivity index is 1.45. The minimum Gasteiger partial charge on any atom is -0.306 e. The van der Waals surface area contributed by atoms with Crippen molar-refractivity contribution in [3.8, 4) is 11.8 Å². The molecule has 0 bridgehead atoms. The monoisotopic (exact) mass is 438 g/mol. The number of hydrogen-bond acceptors (Lipinski definition) is 4. The van der Waals surface area contributed by atoms with Gasteiger partial charge in [-0.3, -0.25) is 0 Å². The summed E-state index contributed by atoms with van der Waals surface area (Å²) in [7, 11) is 0. The Labute approximate surface area is 191 Å². The van der Waals surface area contributed by atoms with Crippen LogP contribution in [0.3, 0.4) is 0 Å². The van der Waals surface area contributed by atoms with E-state index in [1.165, 1.54) is 12.1 Å². The molecule has 4 aromatic rings. The van der Waals surface area contributed by atoms with Crippen LogP contribution < -0.4 is 0 Å². The summed E-state index contributed by atoms with van der Waals surface area (Å²) in [4.78, 5) is 9.01. The lowest BCUT2D eigenvalue weighted by Crippen LogP contribution is -2.34. The smallest absolute Gasteiger partial charge is 0.174 e. The summed E-state index contributed by atoms with van der Waals surface area (Å²) in [5.74, 6) is 0.849. The molecule has 1 atom stereocenters. The topological polar surface area (TPSA) is 72.3 Å². The van der Waals surface area contributed by atoms with Gasteiger partial charge in [0, 0.05) is 18.4 Å². The molecule has 5 rings (SSSR count). The van der Waals surface area contributed by atoms with Gasteiger partial charge in [-0.1, -0.05) is 24.3 Å². The minimum absolute atomic E-state index is 0.322. The maximum Gasteiger partial charge on any atom is 0.174 e. The molecule has 0 radical (unpaired) electrons. The van der Waals surface area contributed by atoms with Crippen LogP contribution in [0.2, 0.25) is 0 Å². The molecule has 0 spiro atoms. The number of hydrogen-bond donors (Lipinski definition) is 0. The van der Waals surface area contributed by atoms with Crippen molar-refractivity contribution in [3.05, 3.63) is 94.8 Å². The van der Waals surface area contributed by atoms with Crippen molar-refractivity contribution in [2.24, 2.45) is 0 Å². The zero-order chi connectivity index (χ0) is 23.0. The molecule has 1 aliphatic heterocycles. The fourth-order valence-corrected chi connectivity index (χ4v) is 4.48. The molecule has 3 heterocycles. The van der Waals surface area contributed by atoms with Crippen LogP contribution >= 0.6 is 0 Å². The summed E-state index contributed by atoms with van der Waals surface area (Å²) in [6.07, 6.45) is 9.09. The fraction of sp³-hybridized carbons (Fsp3) is 0.231. The average molecular weight is 439 g/mol. The van der Waals surface area contributed by atoms with Crippen LogP contribution in [-0.2, 0) is 12.0 Å². The molecule has 0 amide bonds. The molecule has 164 valence electrons. The van der Waals surface area contributed by atoms with Crippen LogP contribution in [-0.4, -0.2) is 24.3 Å². The molecule has 0 aliphatic carbocycles. The van der Waals surface area contributed by atoms with E-state index in [1.54, 1.807) is 12.1 Å². The number of imidazole rings is 1. The summed E-state index contributed by atoms with van der Waals surface area (Å²) in [5.41, 5.74) is 4.05. The van der Waals surface area contributed by atoms with Gasteiger partial charge in [-0.25, -0.2) is 19.0 Å². The van der Waals surface area contributed by atoms with Crippen LogP contribution in [0.15, 0.2) is 55.0 Å². The summed E-state index contributed by atoms with van der Waals surface area (Å²) in [6.45, 7) is 4.75. The highest BCUT2D eigenvalue weighted by atomic mass is 19.1. The van der Waals surface area contributed by atoms with E-state index in [0.29, 0.717) is 24.6 Å². The van der Waals surface area contributed by atoms with Gasteiger partial charge < -0.3 is 4.57 Å². The molecule has 0 saturated heterocycles. The first-order valence-electron chi connectivity index (χ1n) is 10.9. The second-order valence-electron chi connectivity index (χ2n) is 8.45. The predicted molar refractivity (Wildman–Crippen MR) is 124 cm³/mol. The molecule has 0 N–H and O–H groups in total. The predicted octanol–water partition coefficient (Wildman–Crippen LogP) is 4.99. The van der Waals surface area contributed by atoms with Crippen molar-refractivity contribution in [3.63, 3.8) is 0 Å².